The second-order valence-electron chi connectivity index (χ2n) is 7.50. The first kappa shape index (κ1) is 22.9. The molecule has 2 heterocycles. The average molecular weight is 504 g/mol. The Labute approximate surface area is 184 Å². The normalized spacial score (nSPS) is 20.1. The Morgan fingerprint density at radius 3 is 2.71 bits per heavy atom. The molecule has 0 bridgehead atoms. The molecule has 3 rings (SSSR count). The van der Waals surface area contributed by atoms with Gasteiger partial charge in [0.15, 0.2) is 5.96 Å². The summed E-state index contributed by atoms with van der Waals surface area (Å²) in [7, 11) is 1.85. The number of nitrogens with zero attached hydrogens (tertiary/aromatic N) is 5. The van der Waals surface area contributed by atoms with Crippen molar-refractivity contribution in [3.05, 3.63) is 12.4 Å². The Balaban J connectivity index is 0.00000280. The number of rotatable bonds is 5. The van der Waals surface area contributed by atoms with Crippen LogP contribution in [0, 0.1) is 5.92 Å². The molecule has 0 spiro atoms. The van der Waals surface area contributed by atoms with Gasteiger partial charge < -0.3 is 20.2 Å². The molecule has 158 valence electrons. The van der Waals surface area contributed by atoms with Gasteiger partial charge in [0.25, 0.3) is 0 Å². The van der Waals surface area contributed by atoms with Crippen LogP contribution in [0.15, 0.2) is 17.4 Å². The first-order valence-electron chi connectivity index (χ1n) is 10.1. The van der Waals surface area contributed by atoms with Gasteiger partial charge in [-0.25, -0.2) is 0 Å². The molecule has 28 heavy (non-hydrogen) atoms. The van der Waals surface area contributed by atoms with Crippen molar-refractivity contribution in [1.29, 1.82) is 0 Å². The molecule has 1 amide bonds. The number of aromatic nitrogens is 2. The molecule has 0 aromatic carbocycles. The van der Waals surface area contributed by atoms with Crippen molar-refractivity contribution in [3.63, 3.8) is 0 Å². The van der Waals surface area contributed by atoms with Crippen LogP contribution in [0.3, 0.4) is 0 Å². The minimum absolute atomic E-state index is 0. The van der Waals surface area contributed by atoms with Crippen molar-refractivity contribution in [2.24, 2.45) is 18.0 Å². The van der Waals surface area contributed by atoms with Crippen LogP contribution < -0.4 is 10.2 Å². The number of guanidine groups is 1. The molecule has 2 aliphatic rings. The number of anilines is 1. The fraction of sp³-hybridized carbons (Fsp3) is 0.737. The summed E-state index contributed by atoms with van der Waals surface area (Å²) in [5, 5.41) is 17.9. The summed E-state index contributed by atoms with van der Waals surface area (Å²) >= 11 is 0. The number of aliphatic hydroxyl groups excluding tert-OH is 1. The van der Waals surface area contributed by atoms with Gasteiger partial charge in [-0.3, -0.25) is 14.5 Å². The zero-order valence-electron chi connectivity index (χ0n) is 16.9. The van der Waals surface area contributed by atoms with E-state index in [1.54, 1.807) is 15.8 Å². The molecule has 8 nitrogen and oxygen atoms in total. The lowest BCUT2D eigenvalue weighted by molar-refractivity contribution is -0.120. The SMILES string of the molecule is CCNC(=NCC(O)C1CCCCC1)N1CCN(c2cnn(C)c2)C(=O)C1.I. The number of carbonyl (C=O) groups is 1. The Kier molecular flexibility index (Phi) is 9.00. The van der Waals surface area contributed by atoms with Crippen LogP contribution in [0.25, 0.3) is 0 Å². The Bertz CT molecular complexity index is 659. The van der Waals surface area contributed by atoms with E-state index in [4.69, 9.17) is 0 Å². The van der Waals surface area contributed by atoms with Crippen LogP contribution in [0.5, 0.6) is 0 Å². The van der Waals surface area contributed by atoms with Crippen LogP contribution in [0.4, 0.5) is 5.69 Å². The first-order valence-corrected chi connectivity index (χ1v) is 10.1. The Hall–Kier alpha value is -1.36. The van der Waals surface area contributed by atoms with E-state index in [0.717, 1.165) is 25.1 Å². The minimum Gasteiger partial charge on any atom is -0.391 e. The largest absolute Gasteiger partial charge is 0.391 e. The average Bonchev–Trinajstić information content (AvgIpc) is 3.11. The number of hydrogen-bond acceptors (Lipinski definition) is 4. The predicted molar refractivity (Wildman–Crippen MR) is 121 cm³/mol. The number of aryl methyl sites for hydroxylation is 1. The van der Waals surface area contributed by atoms with E-state index in [1.807, 2.05) is 25.1 Å². The summed E-state index contributed by atoms with van der Waals surface area (Å²) in [5.41, 5.74) is 0.830. The lowest BCUT2D eigenvalue weighted by Crippen LogP contribution is -2.55. The summed E-state index contributed by atoms with van der Waals surface area (Å²) in [6, 6.07) is 0. The number of aliphatic hydroxyl groups is 1. The van der Waals surface area contributed by atoms with E-state index >= 15 is 0 Å². The topological polar surface area (TPSA) is 86.0 Å². The lowest BCUT2D eigenvalue weighted by atomic mass is 9.85. The highest BCUT2D eigenvalue weighted by molar-refractivity contribution is 14.0. The standard InChI is InChI=1S/C19H32N6O2.HI/c1-3-20-19(21-12-17(26)15-7-5-4-6-8-15)24-9-10-25(18(27)14-24)16-11-22-23(2)13-16;/h11,13,15,17,26H,3-10,12,14H2,1-2H3,(H,20,21);1H. The summed E-state index contributed by atoms with van der Waals surface area (Å²) in [6.45, 7) is 4.71. The fourth-order valence-electron chi connectivity index (χ4n) is 3.95. The van der Waals surface area contributed by atoms with E-state index in [1.165, 1.54) is 19.3 Å². The van der Waals surface area contributed by atoms with Crippen LogP contribution >= 0.6 is 24.0 Å². The summed E-state index contributed by atoms with van der Waals surface area (Å²) in [6.07, 6.45) is 9.04. The Morgan fingerprint density at radius 2 is 2.11 bits per heavy atom. The molecule has 2 fully saturated rings. The minimum atomic E-state index is -0.397. The van der Waals surface area contributed by atoms with E-state index < -0.39 is 6.10 Å². The summed E-state index contributed by atoms with van der Waals surface area (Å²) in [4.78, 5) is 21.0. The summed E-state index contributed by atoms with van der Waals surface area (Å²) < 4.78 is 1.70. The third-order valence-corrected chi connectivity index (χ3v) is 5.48. The molecule has 1 unspecified atom stereocenters. The molecule has 1 aromatic heterocycles. The molecule has 1 atom stereocenters. The molecule has 1 saturated heterocycles. The number of aliphatic imine (C=N–C) groups is 1. The van der Waals surface area contributed by atoms with Gasteiger partial charge in [0, 0.05) is 32.9 Å². The molecule has 1 aliphatic carbocycles. The van der Waals surface area contributed by atoms with E-state index in [9.17, 15) is 9.90 Å². The number of amides is 1. The van der Waals surface area contributed by atoms with Gasteiger partial charge in [-0.05, 0) is 25.7 Å². The zero-order valence-corrected chi connectivity index (χ0v) is 19.2. The molecule has 1 aliphatic heterocycles. The molecule has 2 N–H and O–H groups in total. The zero-order chi connectivity index (χ0) is 19.2. The van der Waals surface area contributed by atoms with Crippen LogP contribution in [0.2, 0.25) is 0 Å². The van der Waals surface area contributed by atoms with Gasteiger partial charge in [-0.1, -0.05) is 19.3 Å². The fourth-order valence-corrected chi connectivity index (χ4v) is 3.95. The Morgan fingerprint density at radius 1 is 1.36 bits per heavy atom. The van der Waals surface area contributed by atoms with E-state index in [0.29, 0.717) is 31.5 Å². The van der Waals surface area contributed by atoms with Crippen LogP contribution in [0.1, 0.15) is 39.0 Å². The smallest absolute Gasteiger partial charge is 0.246 e. The van der Waals surface area contributed by atoms with Crippen LogP contribution in [-0.2, 0) is 11.8 Å². The highest BCUT2D eigenvalue weighted by Crippen LogP contribution is 2.26. The monoisotopic (exact) mass is 504 g/mol. The first-order chi connectivity index (χ1) is 13.1. The van der Waals surface area contributed by atoms with Gasteiger partial charge in [0.05, 0.1) is 24.5 Å². The van der Waals surface area contributed by atoms with E-state index in [-0.39, 0.29) is 36.4 Å². The molecular formula is C19H33IN6O2. The molecule has 0 radical (unpaired) electrons. The molecular weight excluding hydrogens is 471 g/mol. The third-order valence-electron chi connectivity index (χ3n) is 5.48. The maximum absolute atomic E-state index is 12.6. The van der Waals surface area contributed by atoms with Crippen molar-refractivity contribution in [1.82, 2.24) is 20.0 Å². The number of carbonyl (C=O) groups excluding carboxylic acids is 1. The maximum Gasteiger partial charge on any atom is 0.246 e. The highest BCUT2D eigenvalue weighted by atomic mass is 127. The van der Waals surface area contributed by atoms with E-state index in [2.05, 4.69) is 15.4 Å². The van der Waals surface area contributed by atoms with Crippen molar-refractivity contribution >= 4 is 41.5 Å². The van der Waals surface area contributed by atoms with Gasteiger partial charge in [0.2, 0.25) is 5.91 Å². The van der Waals surface area contributed by atoms with Crippen molar-refractivity contribution in [2.75, 3.05) is 37.6 Å². The highest BCUT2D eigenvalue weighted by Gasteiger charge is 2.28. The molecule has 1 aromatic rings. The van der Waals surface area contributed by atoms with Crippen LogP contribution in [-0.4, -0.2) is 70.5 Å². The van der Waals surface area contributed by atoms with Crippen molar-refractivity contribution in [2.45, 2.75) is 45.1 Å². The van der Waals surface area contributed by atoms with Gasteiger partial charge in [-0.15, -0.1) is 24.0 Å². The lowest BCUT2D eigenvalue weighted by Gasteiger charge is -2.35. The summed E-state index contributed by atoms with van der Waals surface area (Å²) in [5.74, 6) is 1.11. The van der Waals surface area contributed by atoms with Crippen molar-refractivity contribution in [3.8, 4) is 0 Å². The molecule has 1 saturated carbocycles. The second kappa shape index (κ2) is 11.0. The van der Waals surface area contributed by atoms with Gasteiger partial charge in [-0.2, -0.15) is 5.10 Å². The number of hydrogen-bond donors (Lipinski definition) is 2. The maximum atomic E-state index is 12.6. The quantitative estimate of drug-likeness (QED) is 0.362. The van der Waals surface area contributed by atoms with Gasteiger partial charge >= 0.3 is 0 Å². The molecule has 9 heteroatoms. The van der Waals surface area contributed by atoms with Crippen molar-refractivity contribution < 1.29 is 9.90 Å². The number of nitrogens with one attached hydrogen (secondary N) is 1. The number of piperazine rings is 1. The number of halogens is 1. The van der Waals surface area contributed by atoms with Gasteiger partial charge in [0.1, 0.15) is 6.54 Å². The predicted octanol–water partition coefficient (Wildman–Crippen LogP) is 1.59. The second-order valence-corrected chi connectivity index (χ2v) is 7.50. The third kappa shape index (κ3) is 5.82.